The molecule has 0 atom stereocenters. The van der Waals surface area contributed by atoms with E-state index in [0.29, 0.717) is 12.4 Å². The molecule has 0 fully saturated rings. The lowest BCUT2D eigenvalue weighted by atomic mass is 10.2. The minimum absolute atomic E-state index is 0. The van der Waals surface area contributed by atoms with Gasteiger partial charge >= 0.3 is 0 Å². The van der Waals surface area contributed by atoms with Crippen molar-refractivity contribution in [3.8, 4) is 11.5 Å². The van der Waals surface area contributed by atoms with Gasteiger partial charge in [0.15, 0.2) is 0 Å². The Hall–Kier alpha value is -2.20. The Morgan fingerprint density at radius 2 is 1.80 bits per heavy atom. The summed E-state index contributed by atoms with van der Waals surface area (Å²) in [6.45, 7) is 0.383. The second-order valence-electron chi connectivity index (χ2n) is 4.28. The summed E-state index contributed by atoms with van der Waals surface area (Å²) >= 11 is 0. The van der Waals surface area contributed by atoms with Crippen molar-refractivity contribution >= 4 is 24.4 Å². The third kappa shape index (κ3) is 3.22. The molecule has 0 saturated heterocycles. The summed E-state index contributed by atoms with van der Waals surface area (Å²) in [7, 11) is 0. The zero-order chi connectivity index (χ0) is 13.1. The summed E-state index contributed by atoms with van der Waals surface area (Å²) in [5.41, 5.74) is 1.82. The highest BCUT2D eigenvalue weighted by molar-refractivity contribution is 7.37. The number of aromatic hydroxyl groups is 1. The number of para-hydroxylation sites is 1. The molecule has 0 saturated carbocycles. The molecule has 3 aromatic rings. The van der Waals surface area contributed by atoms with Crippen LogP contribution >= 0.6 is 0 Å². The van der Waals surface area contributed by atoms with E-state index < -0.39 is 0 Å². The average Bonchev–Trinajstić information content (AvgIpc) is 2.45. The first kappa shape index (κ1) is 14.2. The number of thiol groups is 1. The van der Waals surface area contributed by atoms with Crippen LogP contribution in [0.4, 0.5) is 0 Å². The highest BCUT2D eigenvalue weighted by atomic mass is 32.1. The van der Waals surface area contributed by atoms with Crippen molar-refractivity contribution in [3.63, 3.8) is 0 Å². The molecular weight excluding hydrogens is 270 g/mol. The average molecular weight is 284 g/mol. The summed E-state index contributed by atoms with van der Waals surface area (Å²) in [6.07, 6.45) is 0. The Morgan fingerprint density at radius 3 is 2.65 bits per heavy atom. The quantitative estimate of drug-likeness (QED) is 0.592. The van der Waals surface area contributed by atoms with Gasteiger partial charge < -0.3 is 23.3 Å². The highest BCUT2D eigenvalue weighted by Gasteiger charge is 2.00. The molecule has 1 N–H and O–H groups in total. The van der Waals surface area contributed by atoms with Crippen molar-refractivity contribution in [1.82, 2.24) is 4.98 Å². The fourth-order valence-electron chi connectivity index (χ4n) is 1.92. The largest absolute Gasteiger partial charge is 0.813 e. The number of hydrogen-bond acceptors (Lipinski definition) is 4. The van der Waals surface area contributed by atoms with Gasteiger partial charge in [-0.2, -0.15) is 0 Å². The van der Waals surface area contributed by atoms with Crippen molar-refractivity contribution in [2.45, 2.75) is 6.61 Å². The molecule has 102 valence electrons. The number of benzene rings is 2. The van der Waals surface area contributed by atoms with E-state index >= 15 is 0 Å². The molecule has 4 heteroatoms. The SMILES string of the molecule is Oc1cccc(OCc2ccc3ccccc3n2)c1.[SH-]. The van der Waals surface area contributed by atoms with Crippen LogP contribution in [0.5, 0.6) is 11.5 Å². The zero-order valence-corrected chi connectivity index (χ0v) is 11.6. The second kappa shape index (κ2) is 6.30. The van der Waals surface area contributed by atoms with Crippen LogP contribution in [0.15, 0.2) is 60.7 Å². The van der Waals surface area contributed by atoms with E-state index in [0.717, 1.165) is 16.6 Å². The smallest absolute Gasteiger partial charge is 0.130 e. The first-order valence-electron chi connectivity index (χ1n) is 6.08. The molecule has 3 rings (SSSR count). The molecular formula is C16H14NO2S-. The Labute approximate surface area is 124 Å². The number of phenols is 1. The maximum absolute atomic E-state index is 9.36. The predicted molar refractivity (Wildman–Crippen MR) is 82.9 cm³/mol. The standard InChI is InChI=1S/C16H13NO2.H2S/c18-14-5-3-6-15(10-14)19-11-13-9-8-12-4-1-2-7-16(12)17-13;/h1-10,18H,11H2;1H2/p-1. The lowest BCUT2D eigenvalue weighted by Gasteiger charge is -2.06. The van der Waals surface area contributed by atoms with Gasteiger partial charge in [-0.25, -0.2) is 4.98 Å². The summed E-state index contributed by atoms with van der Waals surface area (Å²) < 4.78 is 5.60. The van der Waals surface area contributed by atoms with Crippen LogP contribution in [0.25, 0.3) is 10.9 Å². The second-order valence-corrected chi connectivity index (χ2v) is 4.28. The monoisotopic (exact) mass is 284 g/mol. The number of rotatable bonds is 3. The summed E-state index contributed by atoms with van der Waals surface area (Å²) in [6, 6.07) is 18.7. The molecule has 1 aromatic heterocycles. The summed E-state index contributed by atoms with van der Waals surface area (Å²) in [5, 5.41) is 10.5. The Bertz CT molecular complexity index is 715. The fourth-order valence-corrected chi connectivity index (χ4v) is 1.92. The van der Waals surface area contributed by atoms with E-state index in [1.165, 1.54) is 0 Å². The molecule has 0 radical (unpaired) electrons. The van der Waals surface area contributed by atoms with Gasteiger partial charge in [-0.3, -0.25) is 0 Å². The summed E-state index contributed by atoms with van der Waals surface area (Å²) in [5.74, 6) is 0.832. The van der Waals surface area contributed by atoms with Crippen molar-refractivity contribution in [3.05, 3.63) is 66.4 Å². The third-order valence-electron chi connectivity index (χ3n) is 2.86. The minimum Gasteiger partial charge on any atom is -0.813 e. The first-order valence-corrected chi connectivity index (χ1v) is 6.08. The van der Waals surface area contributed by atoms with Gasteiger partial charge in [0.2, 0.25) is 0 Å². The molecule has 0 aliphatic heterocycles. The number of fused-ring (bicyclic) bond motifs is 1. The molecule has 0 unspecified atom stereocenters. The molecule has 0 amide bonds. The zero-order valence-electron chi connectivity index (χ0n) is 10.7. The van der Waals surface area contributed by atoms with E-state index in [-0.39, 0.29) is 19.2 Å². The highest BCUT2D eigenvalue weighted by Crippen LogP contribution is 2.19. The Balaban J connectivity index is 0.00000147. The predicted octanol–water partition coefficient (Wildman–Crippen LogP) is 3.25. The number of pyridine rings is 1. The molecule has 0 bridgehead atoms. The van der Waals surface area contributed by atoms with E-state index in [1.54, 1.807) is 24.3 Å². The molecule has 0 aliphatic carbocycles. The van der Waals surface area contributed by atoms with Crippen LogP contribution in [-0.2, 0) is 20.1 Å². The topological polar surface area (TPSA) is 42.4 Å². The molecule has 0 spiro atoms. The van der Waals surface area contributed by atoms with Crippen molar-refractivity contribution in [2.24, 2.45) is 0 Å². The lowest BCUT2D eigenvalue weighted by molar-refractivity contribution is 0.300. The molecule has 0 aliphatic rings. The van der Waals surface area contributed by atoms with Gasteiger partial charge in [-0.05, 0) is 24.3 Å². The number of ether oxygens (including phenoxy) is 1. The van der Waals surface area contributed by atoms with Crippen molar-refractivity contribution in [1.29, 1.82) is 0 Å². The van der Waals surface area contributed by atoms with Crippen molar-refractivity contribution < 1.29 is 9.84 Å². The van der Waals surface area contributed by atoms with E-state index in [2.05, 4.69) is 4.98 Å². The van der Waals surface area contributed by atoms with Crippen LogP contribution in [0.1, 0.15) is 5.69 Å². The number of aromatic nitrogens is 1. The molecule has 2 aromatic carbocycles. The van der Waals surface area contributed by atoms with Gasteiger partial charge in [0.1, 0.15) is 18.1 Å². The first-order chi connectivity index (χ1) is 9.31. The van der Waals surface area contributed by atoms with Crippen LogP contribution in [-0.4, -0.2) is 10.1 Å². The molecule has 1 heterocycles. The van der Waals surface area contributed by atoms with Gasteiger partial charge in [-0.1, -0.05) is 30.3 Å². The Kier molecular flexibility index (Phi) is 4.48. The Morgan fingerprint density at radius 1 is 0.950 bits per heavy atom. The molecule has 3 nitrogen and oxygen atoms in total. The van der Waals surface area contributed by atoms with E-state index in [9.17, 15) is 5.11 Å². The number of hydrogen-bond donors (Lipinski definition) is 1. The van der Waals surface area contributed by atoms with Crippen molar-refractivity contribution in [2.75, 3.05) is 0 Å². The van der Waals surface area contributed by atoms with E-state index in [4.69, 9.17) is 4.74 Å². The van der Waals surface area contributed by atoms with Gasteiger partial charge in [0.05, 0.1) is 11.2 Å². The normalized spacial score (nSPS) is 10.0. The van der Waals surface area contributed by atoms with Gasteiger partial charge in [0, 0.05) is 11.5 Å². The van der Waals surface area contributed by atoms with Crippen LogP contribution < -0.4 is 4.74 Å². The van der Waals surface area contributed by atoms with Gasteiger partial charge in [-0.15, -0.1) is 0 Å². The number of phenolic OH excluding ortho intramolecular Hbond substituents is 1. The van der Waals surface area contributed by atoms with Gasteiger partial charge in [0.25, 0.3) is 0 Å². The van der Waals surface area contributed by atoms with Crippen LogP contribution in [0.3, 0.4) is 0 Å². The van der Waals surface area contributed by atoms with E-state index in [1.807, 2.05) is 36.4 Å². The fraction of sp³-hybridized carbons (Fsp3) is 0.0625. The lowest BCUT2D eigenvalue weighted by Crippen LogP contribution is -1.98. The van der Waals surface area contributed by atoms with Crippen LogP contribution in [0, 0.1) is 0 Å². The summed E-state index contributed by atoms with van der Waals surface area (Å²) in [4.78, 5) is 4.53. The number of nitrogens with zero attached hydrogens (tertiary/aromatic N) is 1. The third-order valence-corrected chi connectivity index (χ3v) is 2.86. The maximum Gasteiger partial charge on any atom is 0.130 e. The molecule has 20 heavy (non-hydrogen) atoms. The maximum atomic E-state index is 9.36. The minimum atomic E-state index is 0. The van der Waals surface area contributed by atoms with Crippen LogP contribution in [0.2, 0.25) is 0 Å².